The van der Waals surface area contributed by atoms with Crippen molar-refractivity contribution < 1.29 is 0 Å². The van der Waals surface area contributed by atoms with E-state index in [0.29, 0.717) is 16.8 Å². The molecule has 6 heteroatoms. The third kappa shape index (κ3) is 2.00. The van der Waals surface area contributed by atoms with Crippen molar-refractivity contribution in [3.8, 4) is 0 Å². The zero-order valence-electron chi connectivity index (χ0n) is 10.2. The summed E-state index contributed by atoms with van der Waals surface area (Å²) in [4.78, 5) is 23.8. The normalized spacial score (nSPS) is 11.0. The molecular weight excluding hydrogens is 262 g/mol. The number of nitrogens with zero attached hydrogens (tertiary/aromatic N) is 3. The number of hydrogen-bond acceptors (Lipinski definition) is 4. The van der Waals surface area contributed by atoms with Crippen molar-refractivity contribution in [3.63, 3.8) is 0 Å². The first-order valence-electron chi connectivity index (χ1n) is 5.76. The first-order valence-corrected chi connectivity index (χ1v) is 6.58. The summed E-state index contributed by atoms with van der Waals surface area (Å²) in [5.41, 5.74) is 1.39. The molecule has 1 aromatic carbocycles. The van der Waals surface area contributed by atoms with E-state index in [-0.39, 0.29) is 10.4 Å². The summed E-state index contributed by atoms with van der Waals surface area (Å²) < 4.78 is 3.29. The molecule has 3 aromatic rings. The fourth-order valence-electron chi connectivity index (χ4n) is 1.95. The molecule has 0 aliphatic carbocycles. The highest BCUT2D eigenvalue weighted by Gasteiger charge is 2.12. The molecule has 2 heterocycles. The Morgan fingerprint density at radius 1 is 1.21 bits per heavy atom. The monoisotopic (exact) mass is 273 g/mol. The number of hydrogen-bond donors (Lipinski definition) is 0. The van der Waals surface area contributed by atoms with Crippen LogP contribution in [-0.2, 0) is 13.6 Å². The molecule has 0 spiro atoms. The quantitative estimate of drug-likeness (QED) is 0.705. The lowest BCUT2D eigenvalue weighted by Gasteiger charge is -2.03. The van der Waals surface area contributed by atoms with Gasteiger partial charge in [0.15, 0.2) is 0 Å². The molecule has 0 fully saturated rings. The Hall–Kier alpha value is -2.21. The van der Waals surface area contributed by atoms with Gasteiger partial charge in [-0.2, -0.15) is 5.10 Å². The number of thiazole rings is 1. The molecule has 0 aliphatic heterocycles. The predicted molar refractivity (Wildman–Crippen MR) is 74.7 cm³/mol. The predicted octanol–water partition coefficient (Wildman–Crippen LogP) is 1.20. The molecular formula is C13H11N3O2S. The van der Waals surface area contributed by atoms with E-state index in [2.05, 4.69) is 5.10 Å². The number of rotatable bonds is 2. The van der Waals surface area contributed by atoms with Crippen LogP contribution >= 0.6 is 11.3 Å². The summed E-state index contributed by atoms with van der Waals surface area (Å²) in [5, 5.41) is 3.97. The van der Waals surface area contributed by atoms with Gasteiger partial charge in [0.1, 0.15) is 4.70 Å². The fraction of sp³-hybridized carbons (Fsp3) is 0.154. The zero-order chi connectivity index (χ0) is 13.4. The fourth-order valence-corrected chi connectivity index (χ4v) is 2.89. The zero-order valence-corrected chi connectivity index (χ0v) is 11.1. The van der Waals surface area contributed by atoms with E-state index in [1.54, 1.807) is 17.8 Å². The van der Waals surface area contributed by atoms with Gasteiger partial charge in [-0.25, -0.2) is 4.68 Å². The van der Waals surface area contributed by atoms with Crippen molar-refractivity contribution in [3.05, 3.63) is 62.1 Å². The van der Waals surface area contributed by atoms with E-state index in [1.807, 2.05) is 30.3 Å². The van der Waals surface area contributed by atoms with Crippen LogP contribution in [0.15, 0.2) is 46.1 Å². The summed E-state index contributed by atoms with van der Waals surface area (Å²) in [6.45, 7) is 0.453. The van der Waals surface area contributed by atoms with Crippen LogP contribution in [-0.4, -0.2) is 14.3 Å². The molecule has 2 aromatic heterocycles. The van der Waals surface area contributed by atoms with Crippen molar-refractivity contribution in [1.29, 1.82) is 0 Å². The van der Waals surface area contributed by atoms with Crippen molar-refractivity contribution in [2.45, 2.75) is 6.54 Å². The largest absolute Gasteiger partial charge is 0.308 e. The summed E-state index contributed by atoms with van der Waals surface area (Å²) >= 11 is 0.973. The molecule has 0 saturated carbocycles. The molecule has 0 atom stereocenters. The molecule has 96 valence electrons. The van der Waals surface area contributed by atoms with E-state index >= 15 is 0 Å². The van der Waals surface area contributed by atoms with E-state index in [9.17, 15) is 9.59 Å². The Labute approximate surface area is 112 Å². The molecule has 0 N–H and O–H groups in total. The average Bonchev–Trinajstić information content (AvgIpc) is 2.73. The second kappa shape index (κ2) is 4.47. The maximum Gasteiger partial charge on any atom is 0.308 e. The van der Waals surface area contributed by atoms with Gasteiger partial charge < -0.3 is 0 Å². The van der Waals surface area contributed by atoms with Crippen molar-refractivity contribution >= 4 is 21.6 Å². The van der Waals surface area contributed by atoms with Gasteiger partial charge in [-0.1, -0.05) is 41.7 Å². The van der Waals surface area contributed by atoms with Gasteiger partial charge >= 0.3 is 4.87 Å². The summed E-state index contributed by atoms with van der Waals surface area (Å²) in [6, 6.07) is 9.67. The minimum absolute atomic E-state index is 0.135. The number of aryl methyl sites for hydroxylation is 1. The van der Waals surface area contributed by atoms with E-state index in [0.717, 1.165) is 16.9 Å². The van der Waals surface area contributed by atoms with Gasteiger partial charge in [0.05, 0.1) is 18.3 Å². The van der Waals surface area contributed by atoms with Gasteiger partial charge in [-0.05, 0) is 5.56 Å². The van der Waals surface area contributed by atoms with Gasteiger partial charge in [0, 0.05) is 7.05 Å². The Morgan fingerprint density at radius 3 is 2.68 bits per heavy atom. The van der Waals surface area contributed by atoms with Gasteiger partial charge in [0.2, 0.25) is 0 Å². The smallest absolute Gasteiger partial charge is 0.292 e. The Bertz CT molecular complexity index is 846. The van der Waals surface area contributed by atoms with Crippen LogP contribution in [0.5, 0.6) is 0 Å². The Kier molecular flexibility index (Phi) is 2.79. The third-order valence-electron chi connectivity index (χ3n) is 2.96. The van der Waals surface area contributed by atoms with E-state index in [4.69, 9.17) is 0 Å². The average molecular weight is 273 g/mol. The van der Waals surface area contributed by atoms with Crippen LogP contribution in [0.25, 0.3) is 10.2 Å². The molecule has 5 nitrogen and oxygen atoms in total. The lowest BCUT2D eigenvalue weighted by molar-refractivity contribution is 0.712. The van der Waals surface area contributed by atoms with Crippen LogP contribution in [0, 0.1) is 0 Å². The number of fused-ring (bicyclic) bond motifs is 1. The topological polar surface area (TPSA) is 56.9 Å². The highest BCUT2D eigenvalue weighted by Crippen LogP contribution is 2.13. The van der Waals surface area contributed by atoms with Crippen LogP contribution in [0.1, 0.15) is 5.56 Å². The third-order valence-corrected chi connectivity index (χ3v) is 3.94. The number of benzene rings is 1. The highest BCUT2D eigenvalue weighted by molar-refractivity contribution is 7.16. The standard InChI is InChI=1S/C13H11N3O2S/c1-15-12(17)11-10(7-14-15)16(13(18)19-11)8-9-5-3-2-4-6-9/h2-7H,8H2,1H3. The second-order valence-electron chi connectivity index (χ2n) is 4.23. The summed E-state index contributed by atoms with van der Waals surface area (Å²) in [7, 11) is 1.58. The van der Waals surface area contributed by atoms with E-state index < -0.39 is 0 Å². The molecule has 19 heavy (non-hydrogen) atoms. The van der Waals surface area contributed by atoms with Crippen LogP contribution in [0.4, 0.5) is 0 Å². The minimum Gasteiger partial charge on any atom is -0.292 e. The summed E-state index contributed by atoms with van der Waals surface area (Å²) in [5.74, 6) is 0. The Balaban J connectivity index is 2.20. The molecule has 0 unspecified atom stereocenters. The lowest BCUT2D eigenvalue weighted by Crippen LogP contribution is -2.19. The van der Waals surface area contributed by atoms with Gasteiger partial charge in [0.25, 0.3) is 5.56 Å². The number of aromatic nitrogens is 3. The molecule has 0 amide bonds. The minimum atomic E-state index is -0.230. The van der Waals surface area contributed by atoms with Crippen LogP contribution in [0.3, 0.4) is 0 Å². The first-order chi connectivity index (χ1) is 9.16. The van der Waals surface area contributed by atoms with Gasteiger partial charge in [-0.15, -0.1) is 0 Å². The SMILES string of the molecule is Cn1ncc2c(sc(=O)n2Cc2ccccc2)c1=O. The van der Waals surface area contributed by atoms with Crippen LogP contribution in [0.2, 0.25) is 0 Å². The molecule has 0 saturated heterocycles. The molecule has 3 rings (SSSR count). The van der Waals surface area contributed by atoms with Crippen molar-refractivity contribution in [2.75, 3.05) is 0 Å². The summed E-state index contributed by atoms with van der Waals surface area (Å²) in [6.07, 6.45) is 1.57. The highest BCUT2D eigenvalue weighted by atomic mass is 32.1. The van der Waals surface area contributed by atoms with Crippen molar-refractivity contribution in [1.82, 2.24) is 14.3 Å². The van der Waals surface area contributed by atoms with Crippen LogP contribution < -0.4 is 10.4 Å². The molecule has 0 radical (unpaired) electrons. The maximum atomic E-state index is 12.0. The maximum absolute atomic E-state index is 12.0. The second-order valence-corrected chi connectivity index (χ2v) is 5.19. The Morgan fingerprint density at radius 2 is 1.95 bits per heavy atom. The lowest BCUT2D eigenvalue weighted by atomic mass is 10.2. The van der Waals surface area contributed by atoms with E-state index in [1.165, 1.54) is 4.68 Å². The molecule has 0 bridgehead atoms. The van der Waals surface area contributed by atoms with Gasteiger partial charge in [-0.3, -0.25) is 14.2 Å². The first kappa shape index (κ1) is 11.9. The van der Waals surface area contributed by atoms with Crippen molar-refractivity contribution in [2.24, 2.45) is 7.05 Å². The molecule has 0 aliphatic rings.